The molecule has 21 heavy (non-hydrogen) atoms. The molecule has 0 aromatic carbocycles. The predicted molar refractivity (Wildman–Crippen MR) is 82.6 cm³/mol. The monoisotopic (exact) mass is 333 g/mol. The fourth-order valence-electron chi connectivity index (χ4n) is 2.16. The highest BCUT2D eigenvalue weighted by Gasteiger charge is 2.27. The summed E-state index contributed by atoms with van der Waals surface area (Å²) in [5, 5.41) is 3.09. The van der Waals surface area contributed by atoms with Gasteiger partial charge in [0.15, 0.2) is 9.84 Å². The van der Waals surface area contributed by atoms with E-state index >= 15 is 0 Å². The van der Waals surface area contributed by atoms with Crippen LogP contribution in [-0.4, -0.2) is 45.1 Å². The molecule has 2 N–H and O–H groups in total. The van der Waals surface area contributed by atoms with Gasteiger partial charge in [0.25, 0.3) is 0 Å². The lowest BCUT2D eigenvalue weighted by atomic mass is 10.2. The lowest BCUT2D eigenvalue weighted by molar-refractivity contribution is 0.598. The third-order valence-corrected chi connectivity index (χ3v) is 6.33. The van der Waals surface area contributed by atoms with Gasteiger partial charge < -0.3 is 5.32 Å². The fourth-order valence-corrected chi connectivity index (χ4v) is 4.92. The lowest BCUT2D eigenvalue weighted by Gasteiger charge is -2.12. The molecule has 7 nitrogen and oxygen atoms in total. The highest BCUT2D eigenvalue weighted by Crippen LogP contribution is 2.18. The molecule has 1 fully saturated rings. The Morgan fingerprint density at radius 2 is 2.14 bits per heavy atom. The van der Waals surface area contributed by atoms with E-state index in [1.165, 1.54) is 6.20 Å². The number of aromatic nitrogens is 1. The molecule has 1 aromatic heterocycles. The minimum Gasteiger partial charge on any atom is -0.380 e. The smallest absolute Gasteiger partial charge is 0.233 e. The van der Waals surface area contributed by atoms with E-state index < -0.39 is 19.9 Å². The van der Waals surface area contributed by atoms with E-state index in [-0.39, 0.29) is 29.1 Å². The molecular formula is C12H19N3O4S2. The van der Waals surface area contributed by atoms with Gasteiger partial charge in [-0.3, -0.25) is 4.72 Å². The molecule has 1 saturated heterocycles. The first-order chi connectivity index (χ1) is 9.80. The molecule has 1 atom stereocenters. The summed E-state index contributed by atoms with van der Waals surface area (Å²) in [7, 11) is -6.28. The number of nitrogens with one attached hydrogen (secondary N) is 2. The first kappa shape index (κ1) is 16.0. The Bertz CT molecular complexity index is 684. The number of sulfonamides is 1. The number of sulfone groups is 1. The van der Waals surface area contributed by atoms with Crippen LogP contribution in [0.15, 0.2) is 18.3 Å². The molecule has 0 amide bonds. The quantitative estimate of drug-likeness (QED) is 0.799. The van der Waals surface area contributed by atoms with Crippen LogP contribution < -0.4 is 10.0 Å². The summed E-state index contributed by atoms with van der Waals surface area (Å²) in [5.74, 6) is 0.632. The third-order valence-electron chi connectivity index (χ3n) is 3.10. The van der Waals surface area contributed by atoms with Gasteiger partial charge in [-0.05, 0) is 25.0 Å². The molecule has 0 saturated carbocycles. The zero-order chi connectivity index (χ0) is 15.5. The second kappa shape index (κ2) is 6.18. The average molecular weight is 333 g/mol. The summed E-state index contributed by atoms with van der Waals surface area (Å²) >= 11 is 0. The van der Waals surface area contributed by atoms with E-state index in [0.717, 1.165) is 0 Å². The van der Waals surface area contributed by atoms with E-state index in [0.29, 0.717) is 18.5 Å². The molecule has 1 aromatic rings. The van der Waals surface area contributed by atoms with Crippen LogP contribution in [0.25, 0.3) is 0 Å². The molecule has 0 aliphatic carbocycles. The molecule has 0 spiro atoms. The van der Waals surface area contributed by atoms with Crippen molar-refractivity contribution in [2.45, 2.75) is 25.8 Å². The van der Waals surface area contributed by atoms with Gasteiger partial charge in [0.1, 0.15) is 5.82 Å². The number of hydrogen-bond acceptors (Lipinski definition) is 6. The molecule has 118 valence electrons. The first-order valence-electron chi connectivity index (χ1n) is 6.73. The minimum atomic E-state index is -3.35. The maximum absolute atomic E-state index is 11.6. The number of rotatable bonds is 6. The average Bonchev–Trinajstić information content (AvgIpc) is 2.71. The Morgan fingerprint density at radius 1 is 1.38 bits per heavy atom. The van der Waals surface area contributed by atoms with Gasteiger partial charge >= 0.3 is 0 Å². The number of anilines is 2. The normalized spacial score (nSPS) is 21.1. The number of nitrogens with zero attached hydrogens (tertiary/aromatic N) is 1. The maximum atomic E-state index is 11.6. The molecule has 1 aliphatic rings. The second-order valence-corrected chi connectivity index (χ2v) is 9.17. The molecule has 0 radical (unpaired) electrons. The molecule has 9 heteroatoms. The third kappa shape index (κ3) is 4.85. The van der Waals surface area contributed by atoms with Gasteiger partial charge in [0.05, 0.1) is 29.1 Å². The molecule has 2 rings (SSSR count). The first-order valence-corrected chi connectivity index (χ1v) is 10.2. The van der Waals surface area contributed by atoms with Crippen LogP contribution >= 0.6 is 0 Å². The zero-order valence-corrected chi connectivity index (χ0v) is 13.4. The minimum absolute atomic E-state index is 0.0502. The van der Waals surface area contributed by atoms with Crippen molar-refractivity contribution in [1.29, 1.82) is 0 Å². The van der Waals surface area contributed by atoms with E-state index in [4.69, 9.17) is 0 Å². The van der Waals surface area contributed by atoms with Gasteiger partial charge in [-0.1, -0.05) is 6.92 Å². The molecule has 1 unspecified atom stereocenters. The van der Waals surface area contributed by atoms with E-state index in [1.807, 2.05) is 0 Å². The van der Waals surface area contributed by atoms with Crippen LogP contribution in [0.3, 0.4) is 0 Å². The maximum Gasteiger partial charge on any atom is 0.233 e. The van der Waals surface area contributed by atoms with Crippen LogP contribution in [0.2, 0.25) is 0 Å². The SMILES string of the molecule is CCCS(=O)(=O)Nc1ccc(NC2CCS(=O)(=O)C2)cn1. The van der Waals surface area contributed by atoms with Crippen molar-refractivity contribution in [1.82, 2.24) is 4.98 Å². The molecule has 2 heterocycles. The van der Waals surface area contributed by atoms with E-state index in [1.54, 1.807) is 19.1 Å². The molecular weight excluding hydrogens is 314 g/mol. The fraction of sp³-hybridized carbons (Fsp3) is 0.583. The summed E-state index contributed by atoms with van der Waals surface area (Å²) in [6, 6.07) is 3.13. The van der Waals surface area contributed by atoms with Crippen molar-refractivity contribution in [2.75, 3.05) is 27.3 Å². The van der Waals surface area contributed by atoms with Crippen molar-refractivity contribution < 1.29 is 16.8 Å². The Balaban J connectivity index is 1.96. The number of pyridine rings is 1. The van der Waals surface area contributed by atoms with Gasteiger partial charge in [-0.15, -0.1) is 0 Å². The standard InChI is InChI=1S/C12H19N3O4S2/c1-2-6-21(18,19)15-12-4-3-10(8-13-12)14-11-5-7-20(16,17)9-11/h3-4,8,11,14H,2,5-7,9H2,1H3,(H,13,15). The van der Waals surface area contributed by atoms with Crippen LogP contribution in [0.5, 0.6) is 0 Å². The zero-order valence-electron chi connectivity index (χ0n) is 11.7. The van der Waals surface area contributed by atoms with Crippen LogP contribution in [-0.2, 0) is 19.9 Å². The summed E-state index contributed by atoms with van der Waals surface area (Å²) in [5.41, 5.74) is 0.676. The molecule has 1 aliphatic heterocycles. The van der Waals surface area contributed by atoms with Gasteiger partial charge in [-0.2, -0.15) is 0 Å². The summed E-state index contributed by atoms with van der Waals surface area (Å²) in [6.07, 6.45) is 2.60. The van der Waals surface area contributed by atoms with Crippen molar-refractivity contribution >= 4 is 31.4 Å². The summed E-state index contributed by atoms with van der Waals surface area (Å²) in [4.78, 5) is 4.02. The van der Waals surface area contributed by atoms with Gasteiger partial charge in [0.2, 0.25) is 10.0 Å². The highest BCUT2D eigenvalue weighted by molar-refractivity contribution is 7.92. The Morgan fingerprint density at radius 3 is 2.67 bits per heavy atom. The number of hydrogen-bond donors (Lipinski definition) is 2. The van der Waals surface area contributed by atoms with Crippen molar-refractivity contribution in [3.63, 3.8) is 0 Å². The highest BCUT2D eigenvalue weighted by atomic mass is 32.2. The Kier molecular flexibility index (Phi) is 4.72. The second-order valence-electron chi connectivity index (χ2n) is 5.10. The lowest BCUT2D eigenvalue weighted by Crippen LogP contribution is -2.21. The summed E-state index contributed by atoms with van der Waals surface area (Å²) < 4.78 is 48.3. The van der Waals surface area contributed by atoms with Crippen molar-refractivity contribution in [3.8, 4) is 0 Å². The van der Waals surface area contributed by atoms with E-state index in [2.05, 4.69) is 15.0 Å². The van der Waals surface area contributed by atoms with Gasteiger partial charge in [-0.25, -0.2) is 21.8 Å². The topological polar surface area (TPSA) is 105 Å². The Hall–Kier alpha value is -1.35. The predicted octanol–water partition coefficient (Wildman–Crippen LogP) is 0.832. The van der Waals surface area contributed by atoms with Crippen molar-refractivity contribution in [3.05, 3.63) is 18.3 Å². The summed E-state index contributed by atoms with van der Waals surface area (Å²) in [6.45, 7) is 1.79. The van der Waals surface area contributed by atoms with E-state index in [9.17, 15) is 16.8 Å². The Labute approximate surface area is 125 Å². The van der Waals surface area contributed by atoms with Crippen LogP contribution in [0.4, 0.5) is 11.5 Å². The van der Waals surface area contributed by atoms with Crippen molar-refractivity contribution in [2.24, 2.45) is 0 Å². The molecule has 0 bridgehead atoms. The van der Waals surface area contributed by atoms with Crippen LogP contribution in [0, 0.1) is 0 Å². The largest absolute Gasteiger partial charge is 0.380 e. The van der Waals surface area contributed by atoms with Crippen LogP contribution in [0.1, 0.15) is 19.8 Å². The van der Waals surface area contributed by atoms with Gasteiger partial charge in [0, 0.05) is 6.04 Å².